The molecule has 0 amide bonds. The Labute approximate surface area is 146 Å². The number of hydrogen-bond donors (Lipinski definition) is 1. The monoisotopic (exact) mass is 322 g/mol. The van der Waals surface area contributed by atoms with Crippen molar-refractivity contribution in [3.63, 3.8) is 0 Å². The van der Waals surface area contributed by atoms with E-state index in [2.05, 4.69) is 53.5 Å². The lowest BCUT2D eigenvalue weighted by molar-refractivity contribution is 0.104. The van der Waals surface area contributed by atoms with Crippen LogP contribution in [0.3, 0.4) is 0 Å². The predicted octanol–water partition coefficient (Wildman–Crippen LogP) is 4.67. The largest absolute Gasteiger partial charge is 0.314 e. The van der Waals surface area contributed by atoms with Gasteiger partial charge in [-0.3, -0.25) is 4.90 Å². The fraction of sp³-hybridized carbons (Fsp3) is 0.545. The number of piperazine rings is 1. The second-order valence-electron chi connectivity index (χ2n) is 7.65. The van der Waals surface area contributed by atoms with E-state index in [0.717, 1.165) is 19.0 Å². The Morgan fingerprint density at radius 3 is 2.38 bits per heavy atom. The minimum absolute atomic E-state index is 0.595. The van der Waals surface area contributed by atoms with Crippen molar-refractivity contribution >= 4 is 10.8 Å². The highest BCUT2D eigenvalue weighted by atomic mass is 15.2. The van der Waals surface area contributed by atoms with Crippen LogP contribution in [0.4, 0.5) is 0 Å². The maximum absolute atomic E-state index is 3.53. The number of rotatable bonds is 3. The maximum atomic E-state index is 3.53. The molecule has 1 N–H and O–H groups in total. The molecule has 1 saturated carbocycles. The van der Waals surface area contributed by atoms with Crippen molar-refractivity contribution in [2.24, 2.45) is 5.92 Å². The van der Waals surface area contributed by atoms with E-state index in [9.17, 15) is 0 Å². The molecule has 1 aliphatic carbocycles. The standard InChI is InChI=1S/C22H30N2/c1-17-11-12-21(20-10-6-5-9-19(17)20)22(18-7-3-2-4-8-18)24-15-13-23-14-16-24/h5-6,9-12,18,22-23H,2-4,7-8,13-16H2,1H3/t22-/m1/s1. The summed E-state index contributed by atoms with van der Waals surface area (Å²) in [6, 6.07) is 14.4. The third kappa shape index (κ3) is 3.10. The van der Waals surface area contributed by atoms with Gasteiger partial charge in [-0.15, -0.1) is 0 Å². The van der Waals surface area contributed by atoms with Gasteiger partial charge in [0.05, 0.1) is 0 Å². The Hall–Kier alpha value is -1.38. The van der Waals surface area contributed by atoms with Gasteiger partial charge >= 0.3 is 0 Å². The lowest BCUT2D eigenvalue weighted by atomic mass is 9.78. The van der Waals surface area contributed by atoms with Gasteiger partial charge in [-0.05, 0) is 47.6 Å². The zero-order valence-corrected chi connectivity index (χ0v) is 14.9. The van der Waals surface area contributed by atoms with Gasteiger partial charge in [0.25, 0.3) is 0 Å². The molecule has 0 radical (unpaired) electrons. The van der Waals surface area contributed by atoms with Gasteiger partial charge in [0.15, 0.2) is 0 Å². The van der Waals surface area contributed by atoms with Crippen molar-refractivity contribution in [3.05, 3.63) is 47.5 Å². The highest BCUT2D eigenvalue weighted by Gasteiger charge is 2.31. The topological polar surface area (TPSA) is 15.3 Å². The average molecular weight is 322 g/mol. The van der Waals surface area contributed by atoms with Crippen LogP contribution in [0, 0.1) is 12.8 Å². The molecule has 1 aliphatic heterocycles. The lowest BCUT2D eigenvalue weighted by Gasteiger charge is -2.41. The van der Waals surface area contributed by atoms with Gasteiger partial charge in [0.2, 0.25) is 0 Å². The van der Waals surface area contributed by atoms with Crippen LogP contribution in [-0.4, -0.2) is 31.1 Å². The van der Waals surface area contributed by atoms with Gasteiger partial charge in [-0.25, -0.2) is 0 Å². The summed E-state index contributed by atoms with van der Waals surface area (Å²) in [6.07, 6.45) is 7.06. The first-order valence-electron chi connectivity index (χ1n) is 9.77. The minimum atomic E-state index is 0.595. The van der Waals surface area contributed by atoms with Crippen molar-refractivity contribution in [1.29, 1.82) is 0 Å². The molecule has 2 aliphatic rings. The van der Waals surface area contributed by atoms with Crippen LogP contribution in [0.5, 0.6) is 0 Å². The summed E-state index contributed by atoms with van der Waals surface area (Å²) < 4.78 is 0. The molecule has 0 spiro atoms. The number of nitrogens with one attached hydrogen (secondary N) is 1. The Balaban J connectivity index is 1.79. The van der Waals surface area contributed by atoms with Crippen LogP contribution in [0.25, 0.3) is 10.8 Å². The Morgan fingerprint density at radius 2 is 1.62 bits per heavy atom. The molecular weight excluding hydrogens is 292 g/mol. The molecule has 1 saturated heterocycles. The maximum Gasteiger partial charge on any atom is 0.0383 e. The van der Waals surface area contributed by atoms with Crippen molar-refractivity contribution in [2.45, 2.75) is 45.1 Å². The summed E-state index contributed by atoms with van der Waals surface area (Å²) in [7, 11) is 0. The molecule has 1 atom stereocenters. The van der Waals surface area contributed by atoms with Crippen molar-refractivity contribution in [1.82, 2.24) is 10.2 Å². The zero-order valence-electron chi connectivity index (χ0n) is 14.9. The minimum Gasteiger partial charge on any atom is -0.314 e. The van der Waals surface area contributed by atoms with E-state index in [1.165, 1.54) is 61.5 Å². The third-order valence-electron chi connectivity index (χ3n) is 6.14. The number of aryl methyl sites for hydroxylation is 1. The molecule has 2 nitrogen and oxygen atoms in total. The average Bonchev–Trinajstić information content (AvgIpc) is 2.66. The SMILES string of the molecule is Cc1ccc([C@@H](C2CCCCC2)N2CCNCC2)c2ccccc12. The number of benzene rings is 2. The van der Waals surface area contributed by atoms with Crippen molar-refractivity contribution in [3.8, 4) is 0 Å². The summed E-state index contributed by atoms with van der Waals surface area (Å²) in [5.74, 6) is 0.822. The first kappa shape index (κ1) is 16.1. The molecule has 2 aromatic rings. The van der Waals surface area contributed by atoms with Gasteiger partial charge in [-0.2, -0.15) is 0 Å². The van der Waals surface area contributed by atoms with Crippen molar-refractivity contribution < 1.29 is 0 Å². The van der Waals surface area contributed by atoms with Gasteiger partial charge in [0.1, 0.15) is 0 Å². The first-order chi connectivity index (χ1) is 11.8. The fourth-order valence-electron chi connectivity index (χ4n) is 4.89. The smallest absolute Gasteiger partial charge is 0.0383 e. The van der Waals surface area contributed by atoms with E-state index in [4.69, 9.17) is 0 Å². The Kier molecular flexibility index (Phi) is 4.86. The lowest BCUT2D eigenvalue weighted by Crippen LogP contribution is -2.47. The molecule has 0 aromatic heterocycles. The highest BCUT2D eigenvalue weighted by Crippen LogP contribution is 2.41. The fourth-order valence-corrected chi connectivity index (χ4v) is 4.89. The quantitative estimate of drug-likeness (QED) is 0.883. The van der Waals surface area contributed by atoms with Gasteiger partial charge < -0.3 is 5.32 Å². The summed E-state index contributed by atoms with van der Waals surface area (Å²) in [5.41, 5.74) is 2.97. The van der Waals surface area contributed by atoms with Crippen LogP contribution in [0.15, 0.2) is 36.4 Å². The number of nitrogens with zero attached hydrogens (tertiary/aromatic N) is 1. The molecule has 2 heteroatoms. The van der Waals surface area contributed by atoms with E-state index >= 15 is 0 Å². The van der Waals surface area contributed by atoms with Crippen LogP contribution < -0.4 is 5.32 Å². The normalized spacial score (nSPS) is 21.9. The molecule has 2 fully saturated rings. The second-order valence-corrected chi connectivity index (χ2v) is 7.65. The third-order valence-corrected chi connectivity index (χ3v) is 6.14. The number of fused-ring (bicyclic) bond motifs is 1. The van der Waals surface area contributed by atoms with E-state index in [1.807, 2.05) is 0 Å². The molecule has 24 heavy (non-hydrogen) atoms. The molecule has 128 valence electrons. The van der Waals surface area contributed by atoms with Crippen molar-refractivity contribution in [2.75, 3.05) is 26.2 Å². The second kappa shape index (κ2) is 7.25. The molecule has 0 bridgehead atoms. The Bertz CT molecular complexity index is 663. The molecule has 2 aromatic carbocycles. The van der Waals surface area contributed by atoms with E-state index < -0.39 is 0 Å². The van der Waals surface area contributed by atoms with Gasteiger partial charge in [-0.1, -0.05) is 55.7 Å². The zero-order chi connectivity index (χ0) is 16.4. The molecule has 4 rings (SSSR count). The van der Waals surface area contributed by atoms with E-state index in [-0.39, 0.29) is 0 Å². The van der Waals surface area contributed by atoms with E-state index in [1.54, 1.807) is 5.56 Å². The van der Waals surface area contributed by atoms with Gasteiger partial charge in [0, 0.05) is 32.2 Å². The molecular formula is C22H30N2. The van der Waals surface area contributed by atoms with Crippen LogP contribution in [-0.2, 0) is 0 Å². The Morgan fingerprint density at radius 1 is 0.917 bits per heavy atom. The first-order valence-corrected chi connectivity index (χ1v) is 9.77. The van der Waals surface area contributed by atoms with Crippen LogP contribution in [0.1, 0.15) is 49.3 Å². The van der Waals surface area contributed by atoms with Crippen LogP contribution in [0.2, 0.25) is 0 Å². The predicted molar refractivity (Wildman–Crippen MR) is 102 cm³/mol. The summed E-state index contributed by atoms with van der Waals surface area (Å²) >= 11 is 0. The molecule has 1 heterocycles. The summed E-state index contributed by atoms with van der Waals surface area (Å²) in [4.78, 5) is 2.77. The van der Waals surface area contributed by atoms with E-state index in [0.29, 0.717) is 6.04 Å². The summed E-state index contributed by atoms with van der Waals surface area (Å²) in [6.45, 7) is 6.87. The summed E-state index contributed by atoms with van der Waals surface area (Å²) in [5, 5.41) is 6.44. The van der Waals surface area contributed by atoms with Crippen LogP contribution >= 0.6 is 0 Å². The number of hydrogen-bond acceptors (Lipinski definition) is 2. The highest BCUT2D eigenvalue weighted by molar-refractivity contribution is 5.89. The molecule has 0 unspecified atom stereocenters.